The summed E-state index contributed by atoms with van der Waals surface area (Å²) in [6.07, 6.45) is 8.26. The van der Waals surface area contributed by atoms with Gasteiger partial charge in [-0.05, 0) is 31.9 Å². The first kappa shape index (κ1) is 21.6. The lowest BCUT2D eigenvalue weighted by molar-refractivity contribution is 0.0904. The van der Waals surface area contributed by atoms with Gasteiger partial charge in [-0.15, -0.1) is 11.3 Å². The Labute approximate surface area is 195 Å². The Kier molecular flexibility index (Phi) is 6.10. The van der Waals surface area contributed by atoms with Gasteiger partial charge >= 0.3 is 0 Å². The first-order valence-electron chi connectivity index (χ1n) is 11.2. The van der Waals surface area contributed by atoms with E-state index in [1.54, 1.807) is 16.0 Å². The lowest BCUT2D eigenvalue weighted by Gasteiger charge is -2.24. The number of anilines is 1. The van der Waals surface area contributed by atoms with Crippen molar-refractivity contribution in [2.75, 3.05) is 25.1 Å². The Hall–Kier alpha value is -3.24. The highest BCUT2D eigenvalue weighted by Gasteiger charge is 2.20. The monoisotopic (exact) mass is 465 g/mol. The lowest BCUT2D eigenvalue weighted by Crippen LogP contribution is -2.28. The molecule has 0 atom stereocenters. The summed E-state index contributed by atoms with van der Waals surface area (Å²) in [5.41, 5.74) is 3.45. The van der Waals surface area contributed by atoms with Crippen molar-refractivity contribution in [3.05, 3.63) is 52.4 Å². The number of thiophene rings is 1. The van der Waals surface area contributed by atoms with Gasteiger partial charge < -0.3 is 19.9 Å². The zero-order valence-electron chi connectivity index (χ0n) is 18.7. The van der Waals surface area contributed by atoms with Crippen LogP contribution >= 0.6 is 11.3 Å². The number of aryl methyl sites for hydroxylation is 1. The molecule has 0 unspecified atom stereocenters. The van der Waals surface area contributed by atoms with Crippen molar-refractivity contribution in [3.63, 3.8) is 0 Å². The summed E-state index contributed by atoms with van der Waals surface area (Å²) in [4.78, 5) is 23.0. The summed E-state index contributed by atoms with van der Waals surface area (Å²) < 4.78 is 9.39. The second kappa shape index (κ2) is 9.32. The number of ether oxygens (including phenoxy) is 1. The van der Waals surface area contributed by atoms with E-state index in [2.05, 4.69) is 20.3 Å². The number of nitrogens with zero attached hydrogens (tertiary/aromatic N) is 5. The van der Waals surface area contributed by atoms with E-state index in [0.717, 1.165) is 59.3 Å². The molecule has 4 aromatic rings. The molecular weight excluding hydrogens is 438 g/mol. The molecule has 1 amide bonds. The van der Waals surface area contributed by atoms with Crippen LogP contribution in [0.15, 0.2) is 36.1 Å². The first-order chi connectivity index (χ1) is 16.1. The number of amides is 1. The van der Waals surface area contributed by atoms with Gasteiger partial charge in [-0.3, -0.25) is 9.48 Å². The fraction of sp³-hybridized carbons (Fsp3) is 0.391. The first-order valence-corrected chi connectivity index (χ1v) is 12.1. The molecule has 0 spiro atoms. The predicted molar refractivity (Wildman–Crippen MR) is 128 cm³/mol. The number of carbonyl (C=O) groups excluding carboxylic acids is 1. The molecular formula is C23H27N7O2S. The molecule has 5 heterocycles. The number of carbonyl (C=O) groups is 1. The van der Waals surface area contributed by atoms with Crippen molar-refractivity contribution >= 4 is 34.1 Å². The van der Waals surface area contributed by atoms with Crippen LogP contribution in [-0.2, 0) is 18.2 Å². The molecule has 4 aromatic heterocycles. The topological polar surface area (TPSA) is 98.9 Å². The molecule has 5 rings (SSSR count). The molecule has 0 saturated carbocycles. The smallest absolute Gasteiger partial charge is 0.252 e. The van der Waals surface area contributed by atoms with Gasteiger partial charge in [-0.2, -0.15) is 5.10 Å². The molecule has 172 valence electrons. The number of aromatic nitrogens is 5. The summed E-state index contributed by atoms with van der Waals surface area (Å²) in [6, 6.07) is 4.24. The highest BCUT2D eigenvalue weighted by molar-refractivity contribution is 7.10. The molecule has 0 bridgehead atoms. The summed E-state index contributed by atoms with van der Waals surface area (Å²) >= 11 is 1.56. The van der Waals surface area contributed by atoms with Crippen molar-refractivity contribution in [3.8, 4) is 5.69 Å². The maximum Gasteiger partial charge on any atom is 0.252 e. The highest BCUT2D eigenvalue weighted by atomic mass is 32.1. The van der Waals surface area contributed by atoms with Gasteiger partial charge in [0, 0.05) is 61.9 Å². The van der Waals surface area contributed by atoms with Gasteiger partial charge in [-0.1, -0.05) is 0 Å². The average Bonchev–Trinajstić information content (AvgIpc) is 3.54. The van der Waals surface area contributed by atoms with Gasteiger partial charge in [0.05, 0.1) is 23.0 Å². The molecule has 1 aliphatic rings. The Morgan fingerprint density at radius 1 is 1.30 bits per heavy atom. The zero-order chi connectivity index (χ0) is 22.8. The Balaban J connectivity index is 1.50. The van der Waals surface area contributed by atoms with Gasteiger partial charge in [0.25, 0.3) is 5.91 Å². The van der Waals surface area contributed by atoms with Crippen molar-refractivity contribution in [1.82, 2.24) is 29.6 Å². The standard InChI is InChI=1S/C23H27N7O2S/c1-3-24-23(31)15-10-18(33-14-15)11-20-27-19-4-7-30(17-12-25-29(2)13-17)21(19)22(28-20)26-16-5-8-32-9-6-16/h4,7,10,12-14,16H,3,5-6,8-9,11H2,1-2H3,(H,24,31)(H,26,27,28). The number of rotatable bonds is 7. The van der Waals surface area contributed by atoms with Crippen LogP contribution in [0.1, 0.15) is 40.8 Å². The fourth-order valence-corrected chi connectivity index (χ4v) is 4.93. The van der Waals surface area contributed by atoms with E-state index in [1.807, 2.05) is 50.1 Å². The van der Waals surface area contributed by atoms with E-state index in [9.17, 15) is 4.79 Å². The normalized spacial score (nSPS) is 14.6. The minimum Gasteiger partial charge on any atom is -0.381 e. The molecule has 9 nitrogen and oxygen atoms in total. The van der Waals surface area contributed by atoms with E-state index in [4.69, 9.17) is 14.7 Å². The van der Waals surface area contributed by atoms with Crippen molar-refractivity contribution < 1.29 is 9.53 Å². The van der Waals surface area contributed by atoms with Crippen LogP contribution < -0.4 is 10.6 Å². The second-order valence-electron chi connectivity index (χ2n) is 8.15. The van der Waals surface area contributed by atoms with Gasteiger partial charge in [0.15, 0.2) is 5.82 Å². The fourth-order valence-electron chi connectivity index (χ4n) is 4.07. The second-order valence-corrected chi connectivity index (χ2v) is 9.14. The molecule has 10 heteroatoms. The maximum absolute atomic E-state index is 12.1. The third-order valence-electron chi connectivity index (χ3n) is 5.70. The van der Waals surface area contributed by atoms with E-state index >= 15 is 0 Å². The SMILES string of the molecule is CCNC(=O)c1csc(Cc2nc(NC3CCOCC3)c3c(ccn3-c3cnn(C)c3)n2)c1. The minimum atomic E-state index is -0.0493. The summed E-state index contributed by atoms with van der Waals surface area (Å²) in [7, 11) is 1.90. The number of hydrogen-bond acceptors (Lipinski definition) is 7. The van der Waals surface area contributed by atoms with Crippen LogP contribution in [0.25, 0.3) is 16.7 Å². The lowest BCUT2D eigenvalue weighted by atomic mass is 10.1. The molecule has 1 aliphatic heterocycles. The van der Waals surface area contributed by atoms with Crippen molar-refractivity contribution in [2.45, 2.75) is 32.2 Å². The van der Waals surface area contributed by atoms with Gasteiger partial charge in [-0.25, -0.2) is 9.97 Å². The molecule has 2 N–H and O–H groups in total. The van der Waals surface area contributed by atoms with Crippen molar-refractivity contribution in [1.29, 1.82) is 0 Å². The number of nitrogens with one attached hydrogen (secondary N) is 2. The van der Waals surface area contributed by atoms with Crippen LogP contribution in [0.3, 0.4) is 0 Å². The van der Waals surface area contributed by atoms with Crippen LogP contribution in [-0.4, -0.2) is 56.0 Å². The summed E-state index contributed by atoms with van der Waals surface area (Å²) in [6.45, 7) is 4.03. The number of hydrogen-bond donors (Lipinski definition) is 2. The van der Waals surface area contributed by atoms with E-state index < -0.39 is 0 Å². The average molecular weight is 466 g/mol. The molecule has 0 aliphatic carbocycles. The maximum atomic E-state index is 12.1. The predicted octanol–water partition coefficient (Wildman–Crippen LogP) is 3.15. The van der Waals surface area contributed by atoms with E-state index in [1.165, 1.54) is 0 Å². The molecule has 1 saturated heterocycles. The third kappa shape index (κ3) is 4.62. The minimum absolute atomic E-state index is 0.0493. The highest BCUT2D eigenvalue weighted by Crippen LogP contribution is 2.28. The van der Waals surface area contributed by atoms with E-state index in [-0.39, 0.29) is 5.91 Å². The zero-order valence-corrected chi connectivity index (χ0v) is 19.6. The quantitative estimate of drug-likeness (QED) is 0.435. The third-order valence-corrected chi connectivity index (χ3v) is 6.63. The van der Waals surface area contributed by atoms with Crippen LogP contribution in [0.2, 0.25) is 0 Å². The molecule has 0 aromatic carbocycles. The Morgan fingerprint density at radius 2 is 2.15 bits per heavy atom. The molecule has 1 fully saturated rings. The van der Waals surface area contributed by atoms with Gasteiger partial charge in [0.2, 0.25) is 0 Å². The van der Waals surface area contributed by atoms with Gasteiger partial charge in [0.1, 0.15) is 11.3 Å². The molecule has 0 radical (unpaired) electrons. The summed E-state index contributed by atoms with van der Waals surface area (Å²) in [5.74, 6) is 1.49. The van der Waals surface area contributed by atoms with E-state index in [0.29, 0.717) is 24.6 Å². The van der Waals surface area contributed by atoms with Crippen LogP contribution in [0.4, 0.5) is 5.82 Å². The largest absolute Gasteiger partial charge is 0.381 e. The van der Waals surface area contributed by atoms with Crippen LogP contribution in [0, 0.1) is 0 Å². The van der Waals surface area contributed by atoms with Crippen molar-refractivity contribution in [2.24, 2.45) is 7.05 Å². The number of fused-ring (bicyclic) bond motifs is 1. The Morgan fingerprint density at radius 3 is 2.91 bits per heavy atom. The van der Waals surface area contributed by atoms with Crippen LogP contribution in [0.5, 0.6) is 0 Å². The Bertz CT molecular complexity index is 1270. The molecule has 33 heavy (non-hydrogen) atoms. The summed E-state index contributed by atoms with van der Waals surface area (Å²) in [5, 5.41) is 12.7.